The molecular weight excluding hydrogens is 1020 g/mol. The van der Waals surface area contributed by atoms with E-state index in [-0.39, 0.29) is 25.9 Å². The lowest BCUT2D eigenvalue weighted by atomic mass is 9.98. The fourth-order valence-electron chi connectivity index (χ4n) is 10.5. The number of hydrogen-bond acceptors (Lipinski definition) is 11. The van der Waals surface area contributed by atoms with E-state index in [0.29, 0.717) is 19.3 Å². The molecular formula is C69H124O12. The van der Waals surface area contributed by atoms with Crippen molar-refractivity contribution in [2.75, 3.05) is 13.2 Å². The third-order valence-electron chi connectivity index (χ3n) is 15.7. The third-order valence-corrected chi connectivity index (χ3v) is 15.7. The molecule has 12 heteroatoms. The normalized spacial score (nSPS) is 17.9. The molecule has 1 aliphatic heterocycles. The molecule has 0 aromatic carbocycles. The number of ether oxygens (including phenoxy) is 5. The zero-order valence-corrected chi connectivity index (χ0v) is 52.3. The number of aliphatic hydroxyl groups is 2. The van der Waals surface area contributed by atoms with Crippen LogP contribution in [0.3, 0.4) is 0 Å². The summed E-state index contributed by atoms with van der Waals surface area (Å²) < 4.78 is 28.6. The standard InChI is InChI=1S/C69H124O12/c1-4-7-10-13-16-19-22-25-28-30-31-33-35-37-40-43-46-49-52-55-61(70)77-58-60(79-62(71)56-53-50-47-44-41-38-34-27-24-21-18-15-12-9-6-3)59-78-69-67(65(74)64(73)66(81-69)68(75)76)80-63(72)57-54-51-48-45-42-39-36-32-29-26-23-20-17-14-11-8-5-2/h18,21,26-27,29,34,60,64-67,69,73-74H,4-17,19-20,22-25,28,30-33,35-59H2,1-3H3,(H,75,76)/b21-18-,29-26-,34-27-. The minimum absolute atomic E-state index is 0.0572. The summed E-state index contributed by atoms with van der Waals surface area (Å²) in [6.07, 6.45) is 56.7. The Bertz CT molecular complexity index is 1550. The number of esters is 3. The minimum Gasteiger partial charge on any atom is -0.479 e. The number of carbonyl (C=O) groups is 4. The van der Waals surface area contributed by atoms with E-state index in [1.54, 1.807) is 0 Å². The molecule has 0 radical (unpaired) electrons. The van der Waals surface area contributed by atoms with Crippen LogP contribution in [0.2, 0.25) is 0 Å². The number of unbranched alkanes of at least 4 members (excludes halogenated alkanes) is 39. The summed E-state index contributed by atoms with van der Waals surface area (Å²) in [6, 6.07) is 0. The molecule has 6 atom stereocenters. The van der Waals surface area contributed by atoms with Crippen molar-refractivity contribution < 1.29 is 58.2 Å². The first-order chi connectivity index (χ1) is 39.6. The molecule has 1 rings (SSSR count). The first-order valence-corrected chi connectivity index (χ1v) is 34.0. The van der Waals surface area contributed by atoms with Gasteiger partial charge in [-0.2, -0.15) is 0 Å². The van der Waals surface area contributed by atoms with E-state index in [0.717, 1.165) is 96.3 Å². The Labute approximate surface area is 495 Å². The van der Waals surface area contributed by atoms with Gasteiger partial charge in [-0.3, -0.25) is 14.4 Å². The molecule has 1 aliphatic rings. The van der Waals surface area contributed by atoms with Crippen LogP contribution in [0.4, 0.5) is 0 Å². The molecule has 1 saturated heterocycles. The topological polar surface area (TPSA) is 175 Å². The minimum atomic E-state index is -1.90. The Balaban J connectivity index is 2.63. The number of aliphatic hydroxyl groups excluding tert-OH is 2. The molecule has 81 heavy (non-hydrogen) atoms. The fraction of sp³-hybridized carbons (Fsp3) is 0.855. The zero-order chi connectivity index (χ0) is 58.9. The molecule has 0 aromatic heterocycles. The Kier molecular flexibility index (Phi) is 53.8. The summed E-state index contributed by atoms with van der Waals surface area (Å²) in [5.41, 5.74) is 0. The second-order valence-corrected chi connectivity index (χ2v) is 23.5. The SMILES string of the molecule is CCCCC/C=C\C/C=C\CCCCCCCC(=O)OC(COC(=O)CCCCCCCCCCCCCCCCCCCCC)COC1OC(C(=O)O)C(O)C(O)C1OC(=O)CCCCCCCCC/C=C\CCCCCCCC. The molecule has 3 N–H and O–H groups in total. The number of rotatable bonds is 59. The van der Waals surface area contributed by atoms with E-state index < -0.39 is 67.3 Å². The lowest BCUT2D eigenvalue weighted by molar-refractivity contribution is -0.301. The number of hydrogen-bond donors (Lipinski definition) is 3. The number of allylic oxidation sites excluding steroid dienone is 6. The Morgan fingerprint density at radius 2 is 0.741 bits per heavy atom. The van der Waals surface area contributed by atoms with Crippen LogP contribution in [0.5, 0.6) is 0 Å². The molecule has 0 spiro atoms. The van der Waals surface area contributed by atoms with Gasteiger partial charge in [0, 0.05) is 19.3 Å². The molecule has 1 fully saturated rings. The summed E-state index contributed by atoms with van der Waals surface area (Å²) in [7, 11) is 0. The maximum absolute atomic E-state index is 13.2. The van der Waals surface area contributed by atoms with E-state index in [2.05, 4.69) is 57.2 Å². The lowest BCUT2D eigenvalue weighted by Gasteiger charge is -2.40. The van der Waals surface area contributed by atoms with Crippen molar-refractivity contribution in [2.24, 2.45) is 0 Å². The largest absolute Gasteiger partial charge is 0.479 e. The van der Waals surface area contributed by atoms with E-state index in [1.165, 1.54) is 173 Å². The average Bonchev–Trinajstić information content (AvgIpc) is 3.53. The molecule has 1 heterocycles. The highest BCUT2D eigenvalue weighted by Gasteiger charge is 2.50. The van der Waals surface area contributed by atoms with Gasteiger partial charge in [0.2, 0.25) is 0 Å². The van der Waals surface area contributed by atoms with Crippen LogP contribution in [0.1, 0.15) is 329 Å². The predicted molar refractivity (Wildman–Crippen MR) is 331 cm³/mol. The van der Waals surface area contributed by atoms with Crippen molar-refractivity contribution in [1.29, 1.82) is 0 Å². The molecule has 0 amide bonds. The van der Waals surface area contributed by atoms with Crippen molar-refractivity contribution >= 4 is 23.9 Å². The van der Waals surface area contributed by atoms with E-state index >= 15 is 0 Å². The summed E-state index contributed by atoms with van der Waals surface area (Å²) in [4.78, 5) is 51.4. The van der Waals surface area contributed by atoms with Crippen molar-refractivity contribution in [3.8, 4) is 0 Å². The Hall–Kier alpha value is -3.06. The van der Waals surface area contributed by atoms with Gasteiger partial charge in [0.15, 0.2) is 24.6 Å². The quantitative estimate of drug-likeness (QED) is 0.0228. The van der Waals surface area contributed by atoms with Gasteiger partial charge in [-0.05, 0) is 77.0 Å². The molecule has 0 aromatic rings. The summed E-state index contributed by atoms with van der Waals surface area (Å²) in [5, 5.41) is 31.6. The molecule has 0 aliphatic carbocycles. The molecule has 12 nitrogen and oxygen atoms in total. The van der Waals surface area contributed by atoms with Crippen molar-refractivity contribution in [3.05, 3.63) is 36.5 Å². The highest BCUT2D eigenvalue weighted by molar-refractivity contribution is 5.74. The number of carbonyl (C=O) groups excluding carboxylic acids is 3. The van der Waals surface area contributed by atoms with Crippen molar-refractivity contribution in [2.45, 2.75) is 366 Å². The van der Waals surface area contributed by atoms with E-state index in [4.69, 9.17) is 23.7 Å². The van der Waals surface area contributed by atoms with Gasteiger partial charge in [-0.15, -0.1) is 0 Å². The van der Waals surface area contributed by atoms with Crippen molar-refractivity contribution in [3.63, 3.8) is 0 Å². The number of carboxylic acids is 1. The Morgan fingerprint density at radius 1 is 0.407 bits per heavy atom. The first-order valence-electron chi connectivity index (χ1n) is 34.0. The van der Waals surface area contributed by atoms with Gasteiger partial charge < -0.3 is 39.0 Å². The van der Waals surface area contributed by atoms with Crippen LogP contribution in [0.25, 0.3) is 0 Å². The second-order valence-electron chi connectivity index (χ2n) is 23.5. The van der Waals surface area contributed by atoms with Crippen LogP contribution < -0.4 is 0 Å². The fourth-order valence-corrected chi connectivity index (χ4v) is 10.5. The van der Waals surface area contributed by atoms with Crippen LogP contribution in [-0.2, 0) is 42.9 Å². The molecule has 0 bridgehead atoms. The highest BCUT2D eigenvalue weighted by atomic mass is 16.7. The van der Waals surface area contributed by atoms with Gasteiger partial charge in [-0.1, -0.05) is 269 Å². The van der Waals surface area contributed by atoms with Gasteiger partial charge >= 0.3 is 23.9 Å². The number of carboxylic acid groups (broad SMARTS) is 1. The van der Waals surface area contributed by atoms with Crippen LogP contribution in [0.15, 0.2) is 36.5 Å². The highest BCUT2D eigenvalue weighted by Crippen LogP contribution is 2.27. The van der Waals surface area contributed by atoms with Gasteiger partial charge in [0.05, 0.1) is 6.61 Å². The van der Waals surface area contributed by atoms with E-state index in [9.17, 15) is 34.5 Å². The van der Waals surface area contributed by atoms with Gasteiger partial charge in [-0.25, -0.2) is 4.79 Å². The van der Waals surface area contributed by atoms with Gasteiger partial charge in [0.1, 0.15) is 18.8 Å². The monoisotopic (exact) mass is 1140 g/mol. The lowest BCUT2D eigenvalue weighted by Crippen LogP contribution is -2.61. The molecule has 472 valence electrons. The van der Waals surface area contributed by atoms with Crippen molar-refractivity contribution in [1.82, 2.24) is 0 Å². The first kappa shape index (κ1) is 76.0. The van der Waals surface area contributed by atoms with Crippen LogP contribution in [0, 0.1) is 0 Å². The average molecular weight is 1150 g/mol. The molecule has 0 saturated carbocycles. The maximum Gasteiger partial charge on any atom is 0.335 e. The van der Waals surface area contributed by atoms with Crippen LogP contribution in [-0.4, -0.2) is 89.2 Å². The Morgan fingerprint density at radius 3 is 1.15 bits per heavy atom. The second kappa shape index (κ2) is 57.4. The zero-order valence-electron chi connectivity index (χ0n) is 52.3. The third kappa shape index (κ3) is 46.9. The summed E-state index contributed by atoms with van der Waals surface area (Å²) in [6.45, 7) is 6.01. The smallest absolute Gasteiger partial charge is 0.335 e. The molecule has 6 unspecified atom stereocenters. The number of aliphatic carboxylic acids is 1. The summed E-state index contributed by atoms with van der Waals surface area (Å²) >= 11 is 0. The maximum atomic E-state index is 13.2. The predicted octanol–water partition coefficient (Wildman–Crippen LogP) is 18.4. The van der Waals surface area contributed by atoms with E-state index in [1.807, 2.05) is 0 Å². The van der Waals surface area contributed by atoms with Gasteiger partial charge in [0.25, 0.3) is 0 Å². The summed E-state index contributed by atoms with van der Waals surface area (Å²) in [5.74, 6) is -3.11. The van der Waals surface area contributed by atoms with Crippen LogP contribution >= 0.6 is 0 Å².